The summed E-state index contributed by atoms with van der Waals surface area (Å²) in [5.41, 5.74) is 2.70. The van der Waals surface area contributed by atoms with E-state index in [0.717, 1.165) is 17.8 Å². The number of hydrogen-bond donors (Lipinski definition) is 1. The molecule has 4 rings (SSSR count). The number of aromatic nitrogens is 4. The second kappa shape index (κ2) is 8.22. The average molecular weight is 493 g/mol. The Bertz CT molecular complexity index is 1470. The van der Waals surface area contributed by atoms with Crippen molar-refractivity contribution in [2.45, 2.75) is 31.0 Å². The minimum absolute atomic E-state index is 0.215. The zero-order valence-electron chi connectivity index (χ0n) is 17.1. The second-order valence-electron chi connectivity index (χ2n) is 7.13. The van der Waals surface area contributed by atoms with Crippen molar-refractivity contribution in [3.05, 3.63) is 53.3 Å². The molecule has 4 heterocycles. The van der Waals surface area contributed by atoms with Gasteiger partial charge in [0.2, 0.25) is 10.0 Å². The lowest BCUT2D eigenvalue weighted by molar-refractivity contribution is -0.147. The molecule has 13 heteroatoms. The molecule has 0 saturated heterocycles. The third-order valence-corrected chi connectivity index (χ3v) is 7.06. The van der Waals surface area contributed by atoms with Gasteiger partial charge in [-0.05, 0) is 37.6 Å². The van der Waals surface area contributed by atoms with Crippen molar-refractivity contribution in [3.63, 3.8) is 0 Å². The SMILES string of the molecule is Cc1cnc2c(C#N)c(-c3ccc(S(=O)(=O)NC(C)C(F)(F)F)cn3)n(-c3nccs3)c2c1. The number of hydrogen-bond acceptors (Lipinski definition) is 7. The maximum atomic E-state index is 12.8. The lowest BCUT2D eigenvalue weighted by Gasteiger charge is -2.17. The van der Waals surface area contributed by atoms with E-state index in [1.54, 1.807) is 27.1 Å². The van der Waals surface area contributed by atoms with Gasteiger partial charge in [-0.15, -0.1) is 11.3 Å². The van der Waals surface area contributed by atoms with Crippen LogP contribution in [0.3, 0.4) is 0 Å². The van der Waals surface area contributed by atoms with Crippen LogP contribution in [0.5, 0.6) is 0 Å². The Morgan fingerprint density at radius 2 is 1.97 bits per heavy atom. The summed E-state index contributed by atoms with van der Waals surface area (Å²) in [6.45, 7) is 2.56. The maximum absolute atomic E-state index is 12.8. The Hall–Kier alpha value is -3.34. The molecule has 0 amide bonds. The highest BCUT2D eigenvalue weighted by molar-refractivity contribution is 7.89. The molecule has 1 N–H and O–H groups in total. The van der Waals surface area contributed by atoms with E-state index in [0.29, 0.717) is 28.8 Å². The number of halogens is 3. The topological polar surface area (TPSA) is 114 Å². The zero-order valence-corrected chi connectivity index (χ0v) is 18.8. The van der Waals surface area contributed by atoms with Gasteiger partial charge < -0.3 is 0 Å². The van der Waals surface area contributed by atoms with Crippen LogP contribution < -0.4 is 4.72 Å². The van der Waals surface area contributed by atoms with Crippen LogP contribution in [0.4, 0.5) is 13.2 Å². The molecule has 4 aromatic rings. The fourth-order valence-electron chi connectivity index (χ4n) is 3.18. The molecule has 0 aliphatic carbocycles. The summed E-state index contributed by atoms with van der Waals surface area (Å²) >= 11 is 1.32. The molecule has 0 bridgehead atoms. The normalized spacial score (nSPS) is 13.2. The minimum atomic E-state index is -4.73. The molecule has 170 valence electrons. The summed E-state index contributed by atoms with van der Waals surface area (Å²) in [6, 6.07) is 4.17. The molecular formula is C20H15F3N6O2S2. The van der Waals surface area contributed by atoms with Gasteiger partial charge >= 0.3 is 6.18 Å². The first-order valence-corrected chi connectivity index (χ1v) is 11.8. The molecule has 0 spiro atoms. The molecule has 0 fully saturated rings. The fourth-order valence-corrected chi connectivity index (χ4v) is 5.02. The average Bonchev–Trinajstić information content (AvgIpc) is 3.38. The van der Waals surface area contributed by atoms with Crippen molar-refractivity contribution in [1.82, 2.24) is 24.2 Å². The van der Waals surface area contributed by atoms with Gasteiger partial charge in [-0.2, -0.15) is 23.2 Å². The quantitative estimate of drug-likeness (QED) is 0.451. The molecule has 0 aliphatic rings. The van der Waals surface area contributed by atoms with Gasteiger partial charge in [0.15, 0.2) is 5.13 Å². The summed E-state index contributed by atoms with van der Waals surface area (Å²) < 4.78 is 66.4. The van der Waals surface area contributed by atoms with Crippen molar-refractivity contribution in [1.29, 1.82) is 5.26 Å². The van der Waals surface area contributed by atoms with Gasteiger partial charge in [0.1, 0.15) is 28.1 Å². The van der Waals surface area contributed by atoms with Crippen molar-refractivity contribution in [2.75, 3.05) is 0 Å². The van der Waals surface area contributed by atoms with Crippen molar-refractivity contribution < 1.29 is 21.6 Å². The van der Waals surface area contributed by atoms with Crippen molar-refractivity contribution >= 4 is 32.4 Å². The number of fused-ring (bicyclic) bond motifs is 1. The fraction of sp³-hybridized carbons (Fsp3) is 0.200. The first-order valence-electron chi connectivity index (χ1n) is 9.39. The highest BCUT2D eigenvalue weighted by Crippen LogP contribution is 2.35. The van der Waals surface area contributed by atoms with E-state index in [9.17, 15) is 26.9 Å². The third kappa shape index (κ3) is 4.20. The van der Waals surface area contributed by atoms with Crippen LogP contribution in [0, 0.1) is 18.3 Å². The summed E-state index contributed by atoms with van der Waals surface area (Å²) in [7, 11) is -4.47. The number of alkyl halides is 3. The van der Waals surface area contributed by atoms with Gasteiger partial charge in [0.25, 0.3) is 0 Å². The highest BCUT2D eigenvalue weighted by Gasteiger charge is 2.39. The highest BCUT2D eigenvalue weighted by atomic mass is 32.2. The van der Waals surface area contributed by atoms with Gasteiger partial charge in [-0.1, -0.05) is 0 Å². The molecule has 4 aromatic heterocycles. The van der Waals surface area contributed by atoms with Crippen LogP contribution in [-0.4, -0.2) is 40.2 Å². The summed E-state index contributed by atoms with van der Waals surface area (Å²) in [5.74, 6) is 0. The van der Waals surface area contributed by atoms with E-state index in [2.05, 4.69) is 21.0 Å². The van der Waals surface area contributed by atoms with Crippen LogP contribution >= 0.6 is 11.3 Å². The van der Waals surface area contributed by atoms with E-state index in [1.807, 2.05) is 13.0 Å². The maximum Gasteiger partial charge on any atom is 0.404 e. The van der Waals surface area contributed by atoms with Gasteiger partial charge in [-0.25, -0.2) is 13.4 Å². The Morgan fingerprint density at radius 1 is 1.21 bits per heavy atom. The first-order chi connectivity index (χ1) is 15.5. The monoisotopic (exact) mass is 492 g/mol. The predicted molar refractivity (Wildman–Crippen MR) is 115 cm³/mol. The molecule has 1 unspecified atom stereocenters. The first kappa shape index (κ1) is 22.8. The van der Waals surface area contributed by atoms with Gasteiger partial charge in [-0.3, -0.25) is 14.5 Å². The molecular weight excluding hydrogens is 477 g/mol. The summed E-state index contributed by atoms with van der Waals surface area (Å²) in [5, 5.41) is 12.2. The van der Waals surface area contributed by atoms with Crippen LogP contribution in [0.15, 0.2) is 47.1 Å². The Kier molecular flexibility index (Phi) is 5.69. The van der Waals surface area contributed by atoms with Crippen LogP contribution in [0.25, 0.3) is 27.6 Å². The number of aryl methyl sites for hydroxylation is 1. The van der Waals surface area contributed by atoms with E-state index >= 15 is 0 Å². The van der Waals surface area contributed by atoms with Crippen LogP contribution in [0.1, 0.15) is 18.1 Å². The number of nitriles is 1. The van der Waals surface area contributed by atoms with E-state index < -0.39 is 27.1 Å². The number of thiazole rings is 1. The van der Waals surface area contributed by atoms with Crippen LogP contribution in [0.2, 0.25) is 0 Å². The Balaban J connectivity index is 1.85. The Labute approximate surface area is 190 Å². The molecule has 1 atom stereocenters. The minimum Gasteiger partial charge on any atom is -0.281 e. The third-order valence-electron chi connectivity index (χ3n) is 4.78. The Morgan fingerprint density at radius 3 is 2.55 bits per heavy atom. The lowest BCUT2D eigenvalue weighted by atomic mass is 10.1. The number of nitrogens with zero attached hydrogens (tertiary/aromatic N) is 5. The molecule has 0 radical (unpaired) electrons. The van der Waals surface area contributed by atoms with Crippen molar-refractivity contribution in [3.8, 4) is 22.6 Å². The van der Waals surface area contributed by atoms with E-state index in [1.165, 1.54) is 17.4 Å². The van der Waals surface area contributed by atoms with E-state index in [4.69, 9.17) is 0 Å². The number of sulfonamides is 1. The van der Waals surface area contributed by atoms with Crippen molar-refractivity contribution in [2.24, 2.45) is 0 Å². The van der Waals surface area contributed by atoms with E-state index in [-0.39, 0.29) is 11.3 Å². The lowest BCUT2D eigenvalue weighted by Crippen LogP contribution is -2.42. The van der Waals surface area contributed by atoms with Crippen LogP contribution in [-0.2, 0) is 10.0 Å². The number of rotatable bonds is 5. The van der Waals surface area contributed by atoms with Gasteiger partial charge in [0.05, 0.1) is 16.9 Å². The molecule has 0 saturated carbocycles. The molecule has 33 heavy (non-hydrogen) atoms. The number of nitrogens with one attached hydrogen (secondary N) is 1. The second-order valence-corrected chi connectivity index (χ2v) is 9.72. The summed E-state index contributed by atoms with van der Waals surface area (Å²) in [6.07, 6.45) is -0.566. The van der Waals surface area contributed by atoms with Gasteiger partial charge in [0, 0.05) is 24.0 Å². The molecule has 0 aromatic carbocycles. The smallest absolute Gasteiger partial charge is 0.281 e. The standard InChI is InChI=1S/C20H15F3N6O2S2/c1-11-7-16-17(27-9-11)14(8-24)18(29(16)19-25-5-6-32-19)15-4-3-13(10-26-15)33(30,31)28-12(2)20(21,22)23/h3-7,9-10,12,28H,1-2H3. The molecule has 0 aliphatic heterocycles. The number of pyridine rings is 2. The molecule has 8 nitrogen and oxygen atoms in total. The largest absolute Gasteiger partial charge is 0.404 e. The zero-order chi connectivity index (χ0) is 24.0. The summed E-state index contributed by atoms with van der Waals surface area (Å²) in [4.78, 5) is 12.4. The predicted octanol–water partition coefficient (Wildman–Crippen LogP) is 3.95.